The Labute approximate surface area is 88.7 Å². The molecule has 1 aromatic carbocycles. The highest BCUT2D eigenvalue weighted by Gasteiger charge is 2.01. The Bertz CT molecular complexity index is 463. The minimum absolute atomic E-state index is 0.551. The fraction of sp³-hybridized carbons (Fsp3) is 0.250. The van der Waals surface area contributed by atoms with E-state index < -0.39 is 0 Å². The highest BCUT2D eigenvalue weighted by Crippen LogP contribution is 2.21. The van der Waals surface area contributed by atoms with Gasteiger partial charge in [-0.3, -0.25) is 0 Å². The van der Waals surface area contributed by atoms with Gasteiger partial charge in [-0.25, -0.2) is 4.98 Å². The van der Waals surface area contributed by atoms with Crippen LogP contribution in [-0.4, -0.2) is 4.98 Å². The number of halogens is 1. The van der Waals surface area contributed by atoms with Crippen LogP contribution >= 0.6 is 11.6 Å². The summed E-state index contributed by atoms with van der Waals surface area (Å²) in [4.78, 5) is 4.24. The molecule has 1 heterocycles. The molecule has 0 atom stereocenters. The summed E-state index contributed by atoms with van der Waals surface area (Å²) >= 11 is 5.81. The third kappa shape index (κ3) is 1.73. The first-order valence-electron chi connectivity index (χ1n) is 4.73. The molecule has 0 aliphatic heterocycles. The van der Waals surface area contributed by atoms with Crippen molar-refractivity contribution in [1.82, 2.24) is 4.98 Å². The van der Waals surface area contributed by atoms with Gasteiger partial charge in [0.1, 0.15) is 5.15 Å². The Kier molecular flexibility index (Phi) is 2.42. The van der Waals surface area contributed by atoms with Crippen LogP contribution in [-0.2, 0) is 0 Å². The Balaban J connectivity index is 2.62. The van der Waals surface area contributed by atoms with Crippen molar-refractivity contribution in [2.45, 2.75) is 19.8 Å². The fourth-order valence-electron chi connectivity index (χ4n) is 1.48. The van der Waals surface area contributed by atoms with E-state index in [9.17, 15) is 0 Å². The quantitative estimate of drug-likeness (QED) is 0.641. The molecular formula is C12H12ClN. The summed E-state index contributed by atoms with van der Waals surface area (Å²) in [5, 5.41) is 1.70. The largest absolute Gasteiger partial charge is 0.236 e. The van der Waals surface area contributed by atoms with Crippen LogP contribution in [0.5, 0.6) is 0 Å². The second-order valence-electron chi connectivity index (χ2n) is 3.74. The summed E-state index contributed by atoms with van der Waals surface area (Å²) in [5.74, 6) is 0.551. The number of fused-ring (bicyclic) bond motifs is 1. The summed E-state index contributed by atoms with van der Waals surface area (Å²) in [6.07, 6.45) is 0. The van der Waals surface area contributed by atoms with E-state index in [2.05, 4.69) is 31.0 Å². The molecule has 0 fully saturated rings. The SMILES string of the molecule is CC(C)c1ccc2nc(Cl)ccc2c1. The van der Waals surface area contributed by atoms with E-state index in [-0.39, 0.29) is 0 Å². The van der Waals surface area contributed by atoms with Crippen molar-refractivity contribution in [3.63, 3.8) is 0 Å². The molecular weight excluding hydrogens is 194 g/mol. The number of nitrogens with zero attached hydrogens (tertiary/aromatic N) is 1. The van der Waals surface area contributed by atoms with Crippen molar-refractivity contribution >= 4 is 22.5 Å². The van der Waals surface area contributed by atoms with Crippen LogP contribution in [0.3, 0.4) is 0 Å². The lowest BCUT2D eigenvalue weighted by molar-refractivity contribution is 0.868. The molecule has 72 valence electrons. The third-order valence-corrected chi connectivity index (χ3v) is 2.56. The van der Waals surface area contributed by atoms with E-state index in [1.807, 2.05) is 18.2 Å². The maximum absolute atomic E-state index is 5.81. The average Bonchev–Trinajstić information content (AvgIpc) is 2.16. The number of hydrogen-bond acceptors (Lipinski definition) is 1. The predicted molar refractivity (Wildman–Crippen MR) is 60.8 cm³/mol. The molecule has 1 aromatic heterocycles. The van der Waals surface area contributed by atoms with Crippen LogP contribution in [0, 0.1) is 0 Å². The highest BCUT2D eigenvalue weighted by atomic mass is 35.5. The molecule has 0 spiro atoms. The number of pyridine rings is 1. The van der Waals surface area contributed by atoms with E-state index >= 15 is 0 Å². The molecule has 0 amide bonds. The van der Waals surface area contributed by atoms with Gasteiger partial charge in [0.05, 0.1) is 5.52 Å². The molecule has 2 aromatic rings. The van der Waals surface area contributed by atoms with E-state index in [1.165, 1.54) is 5.56 Å². The lowest BCUT2D eigenvalue weighted by atomic mass is 10.0. The Morgan fingerprint density at radius 3 is 2.64 bits per heavy atom. The molecule has 1 nitrogen and oxygen atoms in total. The van der Waals surface area contributed by atoms with Crippen molar-refractivity contribution in [1.29, 1.82) is 0 Å². The zero-order valence-corrected chi connectivity index (χ0v) is 9.05. The molecule has 0 unspecified atom stereocenters. The molecule has 2 rings (SSSR count). The zero-order valence-electron chi connectivity index (χ0n) is 8.29. The van der Waals surface area contributed by atoms with E-state index in [1.54, 1.807) is 0 Å². The number of benzene rings is 1. The minimum atomic E-state index is 0.551. The van der Waals surface area contributed by atoms with Crippen molar-refractivity contribution < 1.29 is 0 Å². The molecule has 0 aliphatic rings. The number of aromatic nitrogens is 1. The molecule has 0 radical (unpaired) electrons. The van der Waals surface area contributed by atoms with Crippen molar-refractivity contribution in [3.8, 4) is 0 Å². The molecule has 0 saturated carbocycles. The van der Waals surface area contributed by atoms with Crippen molar-refractivity contribution in [3.05, 3.63) is 41.0 Å². The molecule has 0 saturated heterocycles. The smallest absolute Gasteiger partial charge is 0.129 e. The first kappa shape index (κ1) is 9.47. The van der Waals surface area contributed by atoms with Gasteiger partial charge in [0.15, 0.2) is 0 Å². The van der Waals surface area contributed by atoms with Crippen molar-refractivity contribution in [2.24, 2.45) is 0 Å². The molecule has 0 bridgehead atoms. The maximum Gasteiger partial charge on any atom is 0.129 e. The van der Waals surface area contributed by atoms with Gasteiger partial charge in [-0.15, -0.1) is 0 Å². The van der Waals surface area contributed by atoms with Crippen LogP contribution < -0.4 is 0 Å². The molecule has 14 heavy (non-hydrogen) atoms. The van der Waals surface area contributed by atoms with Crippen LogP contribution in [0.25, 0.3) is 10.9 Å². The molecule has 0 aliphatic carbocycles. The maximum atomic E-state index is 5.81. The second kappa shape index (κ2) is 3.58. The van der Waals surface area contributed by atoms with Crippen LogP contribution in [0.1, 0.15) is 25.3 Å². The van der Waals surface area contributed by atoms with Crippen LogP contribution in [0.4, 0.5) is 0 Å². The van der Waals surface area contributed by atoms with Gasteiger partial charge < -0.3 is 0 Å². The minimum Gasteiger partial charge on any atom is -0.236 e. The second-order valence-corrected chi connectivity index (χ2v) is 4.13. The Morgan fingerprint density at radius 2 is 1.93 bits per heavy atom. The molecule has 0 N–H and O–H groups in total. The van der Waals surface area contributed by atoms with Crippen LogP contribution in [0.2, 0.25) is 5.15 Å². The van der Waals surface area contributed by atoms with E-state index in [0.717, 1.165) is 10.9 Å². The Hall–Kier alpha value is -1.08. The van der Waals surface area contributed by atoms with Crippen LogP contribution in [0.15, 0.2) is 30.3 Å². The average molecular weight is 206 g/mol. The van der Waals surface area contributed by atoms with Gasteiger partial charge in [-0.1, -0.05) is 31.5 Å². The van der Waals surface area contributed by atoms with Gasteiger partial charge >= 0.3 is 0 Å². The van der Waals surface area contributed by atoms with Gasteiger partial charge in [0, 0.05) is 5.39 Å². The summed E-state index contributed by atoms with van der Waals surface area (Å²) in [5.41, 5.74) is 2.29. The van der Waals surface area contributed by atoms with Gasteiger partial charge in [0.25, 0.3) is 0 Å². The van der Waals surface area contributed by atoms with Crippen molar-refractivity contribution in [2.75, 3.05) is 0 Å². The van der Waals surface area contributed by atoms with Gasteiger partial charge in [-0.2, -0.15) is 0 Å². The van der Waals surface area contributed by atoms with E-state index in [4.69, 9.17) is 11.6 Å². The topological polar surface area (TPSA) is 12.9 Å². The first-order valence-corrected chi connectivity index (χ1v) is 5.11. The molecule has 2 heteroatoms. The lowest BCUT2D eigenvalue weighted by Crippen LogP contribution is -1.87. The fourth-order valence-corrected chi connectivity index (χ4v) is 1.63. The Morgan fingerprint density at radius 1 is 1.14 bits per heavy atom. The third-order valence-electron chi connectivity index (χ3n) is 2.35. The summed E-state index contributed by atoms with van der Waals surface area (Å²) in [7, 11) is 0. The predicted octanol–water partition coefficient (Wildman–Crippen LogP) is 4.01. The van der Waals surface area contributed by atoms with E-state index in [0.29, 0.717) is 11.1 Å². The monoisotopic (exact) mass is 205 g/mol. The van der Waals surface area contributed by atoms with Gasteiger partial charge in [0.2, 0.25) is 0 Å². The normalized spacial score (nSPS) is 11.1. The zero-order chi connectivity index (χ0) is 10.1. The summed E-state index contributed by atoms with van der Waals surface area (Å²) < 4.78 is 0. The standard InChI is InChI=1S/C12H12ClN/c1-8(2)9-3-5-11-10(7-9)4-6-12(13)14-11/h3-8H,1-2H3. The summed E-state index contributed by atoms with van der Waals surface area (Å²) in [6.45, 7) is 4.37. The number of rotatable bonds is 1. The summed E-state index contributed by atoms with van der Waals surface area (Å²) in [6, 6.07) is 10.1. The first-order chi connectivity index (χ1) is 6.66. The number of hydrogen-bond donors (Lipinski definition) is 0. The lowest BCUT2D eigenvalue weighted by Gasteiger charge is -2.06. The van der Waals surface area contributed by atoms with Gasteiger partial charge in [-0.05, 0) is 35.7 Å². The highest BCUT2D eigenvalue weighted by molar-refractivity contribution is 6.29.